The van der Waals surface area contributed by atoms with Crippen LogP contribution in [-0.2, 0) is 12.8 Å². The van der Waals surface area contributed by atoms with Crippen molar-refractivity contribution >= 4 is 24.8 Å². The fourth-order valence-electron chi connectivity index (χ4n) is 3.17. The molecule has 2 nitrogen and oxygen atoms in total. The molecular weight excluding hydrogens is 267 g/mol. The van der Waals surface area contributed by atoms with Crippen LogP contribution < -0.4 is 5.32 Å². The summed E-state index contributed by atoms with van der Waals surface area (Å²) in [6.45, 7) is 2.36. The van der Waals surface area contributed by atoms with E-state index >= 15 is 0 Å². The van der Waals surface area contributed by atoms with Crippen molar-refractivity contribution in [1.82, 2.24) is 10.3 Å². The Morgan fingerprint density at radius 3 is 2.56 bits per heavy atom. The minimum Gasteiger partial charge on any atom is -0.317 e. The van der Waals surface area contributed by atoms with Crippen LogP contribution in [0.5, 0.6) is 0 Å². The molecule has 0 amide bonds. The molecule has 0 aromatic carbocycles. The number of piperidine rings is 1. The average Bonchev–Trinajstić information content (AvgIpc) is 2.39. The summed E-state index contributed by atoms with van der Waals surface area (Å²) in [6.07, 6.45) is 9.79. The Morgan fingerprint density at radius 2 is 1.78 bits per heavy atom. The van der Waals surface area contributed by atoms with Gasteiger partial charge in [0.2, 0.25) is 0 Å². The highest BCUT2D eigenvalue weighted by atomic mass is 35.5. The fourth-order valence-corrected chi connectivity index (χ4v) is 3.17. The lowest BCUT2D eigenvalue weighted by atomic mass is 9.83. The van der Waals surface area contributed by atoms with Gasteiger partial charge in [0.25, 0.3) is 0 Å². The van der Waals surface area contributed by atoms with Gasteiger partial charge in [-0.2, -0.15) is 0 Å². The number of nitrogens with one attached hydrogen (secondary N) is 1. The molecule has 102 valence electrons. The first-order valence-corrected chi connectivity index (χ1v) is 6.62. The lowest BCUT2D eigenvalue weighted by Crippen LogP contribution is -2.27. The number of halogens is 2. The molecule has 3 rings (SSSR count). The summed E-state index contributed by atoms with van der Waals surface area (Å²) in [6, 6.07) is 2.28. The first-order chi connectivity index (χ1) is 7.95. The van der Waals surface area contributed by atoms with Crippen LogP contribution in [0.25, 0.3) is 0 Å². The summed E-state index contributed by atoms with van der Waals surface area (Å²) in [4.78, 5) is 4.56. The van der Waals surface area contributed by atoms with Gasteiger partial charge in [-0.05, 0) is 74.7 Å². The number of hydrogen-bond donors (Lipinski definition) is 1. The van der Waals surface area contributed by atoms with E-state index in [1.54, 1.807) is 11.1 Å². The van der Waals surface area contributed by atoms with Crippen molar-refractivity contribution in [3.05, 3.63) is 29.1 Å². The number of rotatable bonds is 1. The number of hydrogen-bond acceptors (Lipinski definition) is 2. The zero-order valence-corrected chi connectivity index (χ0v) is 12.3. The lowest BCUT2D eigenvalue weighted by molar-refractivity contribution is 0.455. The Bertz CT molecular complexity index is 376. The van der Waals surface area contributed by atoms with Gasteiger partial charge in [-0.25, -0.2) is 0 Å². The second-order valence-corrected chi connectivity index (χ2v) is 5.06. The van der Waals surface area contributed by atoms with Crippen LogP contribution in [0.15, 0.2) is 12.3 Å². The molecule has 2 aliphatic rings. The molecule has 0 unspecified atom stereocenters. The van der Waals surface area contributed by atoms with E-state index in [4.69, 9.17) is 0 Å². The third-order valence-corrected chi connectivity index (χ3v) is 4.05. The fraction of sp³-hybridized carbons (Fsp3) is 0.643. The number of pyridine rings is 1. The summed E-state index contributed by atoms with van der Waals surface area (Å²) in [7, 11) is 0. The van der Waals surface area contributed by atoms with E-state index in [0.29, 0.717) is 0 Å². The van der Waals surface area contributed by atoms with Gasteiger partial charge in [0.15, 0.2) is 0 Å². The molecule has 0 spiro atoms. The molecule has 1 aromatic heterocycles. The maximum absolute atomic E-state index is 4.56. The highest BCUT2D eigenvalue weighted by Crippen LogP contribution is 2.32. The van der Waals surface area contributed by atoms with Crippen molar-refractivity contribution in [3.63, 3.8) is 0 Å². The quantitative estimate of drug-likeness (QED) is 0.858. The first-order valence-electron chi connectivity index (χ1n) is 6.62. The summed E-state index contributed by atoms with van der Waals surface area (Å²) in [5.41, 5.74) is 4.61. The second kappa shape index (κ2) is 7.32. The molecule has 0 bridgehead atoms. The second-order valence-electron chi connectivity index (χ2n) is 5.06. The molecule has 1 saturated heterocycles. The van der Waals surface area contributed by atoms with Gasteiger partial charge in [0.05, 0.1) is 0 Å². The predicted octanol–water partition coefficient (Wildman–Crippen LogP) is 3.27. The normalized spacial score (nSPS) is 19.3. The predicted molar refractivity (Wildman–Crippen MR) is 80.2 cm³/mol. The number of aryl methyl sites for hydroxylation is 1. The van der Waals surface area contributed by atoms with Crippen LogP contribution in [-0.4, -0.2) is 18.1 Å². The standard InChI is InChI=1S/C14H20N2.2ClH/c1-2-4-14-13(3-1)12(7-10-16-14)11-5-8-15-9-6-11;;/h7,10-11,15H,1-6,8-9H2;2*1H. The van der Waals surface area contributed by atoms with Crippen LogP contribution in [0.2, 0.25) is 0 Å². The molecule has 1 aromatic rings. The van der Waals surface area contributed by atoms with Crippen LogP contribution in [0.4, 0.5) is 0 Å². The SMILES string of the molecule is Cl.Cl.c1cc(C2CCNCC2)c2c(n1)CCCC2. The smallest absolute Gasteiger partial charge is 0.0438 e. The highest BCUT2D eigenvalue weighted by Gasteiger charge is 2.21. The Morgan fingerprint density at radius 1 is 1.06 bits per heavy atom. The van der Waals surface area contributed by atoms with Crippen LogP contribution in [0, 0.1) is 0 Å². The molecular formula is C14H22Cl2N2. The van der Waals surface area contributed by atoms with Gasteiger partial charge in [-0.1, -0.05) is 0 Å². The molecule has 1 N–H and O–H groups in total. The topological polar surface area (TPSA) is 24.9 Å². The summed E-state index contributed by atoms with van der Waals surface area (Å²) >= 11 is 0. The molecule has 1 aliphatic heterocycles. The van der Waals surface area contributed by atoms with Gasteiger partial charge in [0.1, 0.15) is 0 Å². The summed E-state index contributed by atoms with van der Waals surface area (Å²) in [5.74, 6) is 0.788. The lowest BCUT2D eigenvalue weighted by Gasteiger charge is -2.27. The molecule has 1 aliphatic carbocycles. The van der Waals surface area contributed by atoms with Crippen molar-refractivity contribution in [2.45, 2.75) is 44.4 Å². The summed E-state index contributed by atoms with van der Waals surface area (Å²) < 4.78 is 0. The van der Waals surface area contributed by atoms with Crippen molar-refractivity contribution in [1.29, 1.82) is 0 Å². The Balaban J connectivity index is 0.000000810. The zero-order chi connectivity index (χ0) is 10.8. The molecule has 0 saturated carbocycles. The van der Waals surface area contributed by atoms with Gasteiger partial charge in [-0.3, -0.25) is 4.98 Å². The number of fused-ring (bicyclic) bond motifs is 1. The molecule has 18 heavy (non-hydrogen) atoms. The molecule has 0 radical (unpaired) electrons. The minimum atomic E-state index is 0. The summed E-state index contributed by atoms with van der Waals surface area (Å²) in [5, 5.41) is 3.45. The monoisotopic (exact) mass is 288 g/mol. The number of nitrogens with zero attached hydrogens (tertiary/aromatic N) is 1. The molecule has 1 fully saturated rings. The van der Waals surface area contributed by atoms with E-state index in [1.165, 1.54) is 57.3 Å². The maximum atomic E-state index is 4.56. The van der Waals surface area contributed by atoms with E-state index in [9.17, 15) is 0 Å². The van der Waals surface area contributed by atoms with Gasteiger partial charge >= 0.3 is 0 Å². The van der Waals surface area contributed by atoms with Crippen LogP contribution in [0.1, 0.15) is 48.4 Å². The van der Waals surface area contributed by atoms with Crippen LogP contribution >= 0.6 is 24.8 Å². The van der Waals surface area contributed by atoms with E-state index in [2.05, 4.69) is 16.4 Å². The van der Waals surface area contributed by atoms with E-state index < -0.39 is 0 Å². The average molecular weight is 289 g/mol. The maximum Gasteiger partial charge on any atom is 0.0438 e. The third-order valence-electron chi connectivity index (χ3n) is 4.05. The van der Waals surface area contributed by atoms with Crippen molar-refractivity contribution in [2.24, 2.45) is 0 Å². The largest absolute Gasteiger partial charge is 0.317 e. The minimum absolute atomic E-state index is 0. The Labute approximate surface area is 122 Å². The molecule has 0 atom stereocenters. The number of aromatic nitrogens is 1. The van der Waals surface area contributed by atoms with E-state index in [-0.39, 0.29) is 24.8 Å². The van der Waals surface area contributed by atoms with E-state index in [0.717, 1.165) is 5.92 Å². The van der Waals surface area contributed by atoms with Gasteiger partial charge < -0.3 is 5.32 Å². The van der Waals surface area contributed by atoms with Gasteiger partial charge in [-0.15, -0.1) is 24.8 Å². The van der Waals surface area contributed by atoms with Crippen molar-refractivity contribution in [3.8, 4) is 0 Å². The highest BCUT2D eigenvalue weighted by molar-refractivity contribution is 5.85. The Hall–Kier alpha value is -0.310. The van der Waals surface area contributed by atoms with Crippen molar-refractivity contribution < 1.29 is 0 Å². The Kier molecular flexibility index (Phi) is 6.40. The van der Waals surface area contributed by atoms with Crippen LogP contribution in [0.3, 0.4) is 0 Å². The molecule has 2 heterocycles. The zero-order valence-electron chi connectivity index (χ0n) is 10.7. The van der Waals surface area contributed by atoms with Gasteiger partial charge in [0, 0.05) is 11.9 Å². The first kappa shape index (κ1) is 15.7. The van der Waals surface area contributed by atoms with Crippen molar-refractivity contribution in [2.75, 3.05) is 13.1 Å². The van der Waals surface area contributed by atoms with E-state index in [1.807, 2.05) is 6.20 Å². The molecule has 4 heteroatoms. The third kappa shape index (κ3) is 3.17.